The van der Waals surface area contributed by atoms with Crippen LogP contribution in [0.5, 0.6) is 0 Å². The van der Waals surface area contributed by atoms with Crippen LogP contribution in [-0.4, -0.2) is 44.3 Å². The zero-order valence-electron chi connectivity index (χ0n) is 26.4. The number of nitrogens with zero attached hydrogens (tertiary/aromatic N) is 2. The third-order valence-corrected chi connectivity index (χ3v) is 10.3. The molecule has 7 nitrogen and oxygen atoms in total. The molecule has 0 saturated carbocycles. The molecule has 0 fully saturated rings. The van der Waals surface area contributed by atoms with E-state index in [9.17, 15) is 18.0 Å². The van der Waals surface area contributed by atoms with Crippen LogP contribution in [-0.2, 0) is 32.6 Å². The van der Waals surface area contributed by atoms with E-state index in [0.717, 1.165) is 25.5 Å². The number of amides is 2. The number of sulfonamides is 1. The quantitative estimate of drug-likeness (QED) is 0.157. The molecule has 1 N–H and O–H groups in total. The second-order valence-electron chi connectivity index (χ2n) is 11.7. The van der Waals surface area contributed by atoms with Gasteiger partial charge >= 0.3 is 0 Å². The molecule has 0 aliphatic carbocycles. The molecule has 4 rings (SSSR count). The number of carbonyl (C=O) groups excluding carboxylic acids is 2. The van der Waals surface area contributed by atoms with Crippen molar-refractivity contribution >= 4 is 55.1 Å². The van der Waals surface area contributed by atoms with Crippen molar-refractivity contribution in [2.45, 2.75) is 51.6 Å². The molecular formula is C36H39BrClN3O4S. The first-order valence-corrected chi connectivity index (χ1v) is 17.7. The van der Waals surface area contributed by atoms with E-state index in [-0.39, 0.29) is 35.4 Å². The van der Waals surface area contributed by atoms with Crippen LogP contribution in [0.4, 0.5) is 5.69 Å². The normalized spacial score (nSPS) is 12.1. The minimum atomic E-state index is -4.22. The van der Waals surface area contributed by atoms with Gasteiger partial charge in [0.2, 0.25) is 11.8 Å². The lowest BCUT2D eigenvalue weighted by Crippen LogP contribution is -2.53. The number of nitrogens with one attached hydrogen (secondary N) is 1. The predicted molar refractivity (Wildman–Crippen MR) is 188 cm³/mol. The zero-order valence-corrected chi connectivity index (χ0v) is 29.6. The Kier molecular flexibility index (Phi) is 12.1. The summed E-state index contributed by atoms with van der Waals surface area (Å²) in [6.45, 7) is 7.56. The summed E-state index contributed by atoms with van der Waals surface area (Å²) in [5.41, 5.74) is 3.36. The highest BCUT2D eigenvalue weighted by Crippen LogP contribution is 2.31. The van der Waals surface area contributed by atoms with Gasteiger partial charge in [0.25, 0.3) is 10.0 Å². The summed E-state index contributed by atoms with van der Waals surface area (Å²) < 4.78 is 30.5. The van der Waals surface area contributed by atoms with Crippen LogP contribution in [0, 0.1) is 19.8 Å². The van der Waals surface area contributed by atoms with E-state index in [4.69, 9.17) is 11.6 Å². The average Bonchev–Trinajstić information content (AvgIpc) is 3.03. The van der Waals surface area contributed by atoms with E-state index in [1.54, 1.807) is 37.3 Å². The van der Waals surface area contributed by atoms with Gasteiger partial charge in [-0.1, -0.05) is 108 Å². The van der Waals surface area contributed by atoms with Gasteiger partial charge in [0, 0.05) is 29.0 Å². The van der Waals surface area contributed by atoms with Crippen LogP contribution in [0.3, 0.4) is 0 Å². The van der Waals surface area contributed by atoms with Crippen LogP contribution in [0.25, 0.3) is 0 Å². The fourth-order valence-corrected chi connectivity index (χ4v) is 6.89. The SMILES string of the molecule is Cc1ccc(S(=O)(=O)N(CC(=O)N(Cc2ccc(Br)cc2)C(Cc2ccccc2)C(=O)NCC(C)C)c2cccc(Cl)c2C)cc1. The topological polar surface area (TPSA) is 86.8 Å². The highest BCUT2D eigenvalue weighted by Gasteiger charge is 2.35. The fourth-order valence-electron chi connectivity index (χ4n) is 4.98. The molecule has 46 heavy (non-hydrogen) atoms. The van der Waals surface area contributed by atoms with Gasteiger partial charge in [-0.05, 0) is 72.9 Å². The van der Waals surface area contributed by atoms with E-state index in [1.807, 2.05) is 75.4 Å². The van der Waals surface area contributed by atoms with Crippen LogP contribution in [0.1, 0.15) is 36.1 Å². The molecule has 0 heterocycles. The maximum atomic E-state index is 14.6. The molecular weight excluding hydrogens is 686 g/mol. The third-order valence-electron chi connectivity index (χ3n) is 7.62. The second-order valence-corrected chi connectivity index (χ2v) is 14.9. The summed E-state index contributed by atoms with van der Waals surface area (Å²) in [5, 5.41) is 3.38. The van der Waals surface area contributed by atoms with Crippen molar-refractivity contribution in [2.75, 3.05) is 17.4 Å². The maximum Gasteiger partial charge on any atom is 0.264 e. The van der Waals surface area contributed by atoms with Crippen LogP contribution in [0.15, 0.2) is 106 Å². The molecule has 242 valence electrons. The number of aryl methyl sites for hydroxylation is 1. The molecule has 0 spiro atoms. The molecule has 4 aromatic rings. The van der Waals surface area contributed by atoms with Crippen molar-refractivity contribution in [1.82, 2.24) is 10.2 Å². The number of carbonyl (C=O) groups is 2. The molecule has 0 aromatic heterocycles. The Bertz CT molecular complexity index is 1750. The van der Waals surface area contributed by atoms with Gasteiger partial charge in [-0.15, -0.1) is 0 Å². The van der Waals surface area contributed by atoms with Gasteiger partial charge in [0.15, 0.2) is 0 Å². The van der Waals surface area contributed by atoms with Gasteiger partial charge in [0.05, 0.1) is 10.6 Å². The summed E-state index contributed by atoms with van der Waals surface area (Å²) in [5.74, 6) is -0.647. The Labute approximate surface area is 285 Å². The Morgan fingerprint density at radius 1 is 0.848 bits per heavy atom. The summed E-state index contributed by atoms with van der Waals surface area (Å²) in [6, 6.07) is 27.5. The lowest BCUT2D eigenvalue weighted by Gasteiger charge is -2.34. The first kappa shape index (κ1) is 35.2. The number of anilines is 1. The van der Waals surface area contributed by atoms with E-state index < -0.39 is 28.5 Å². The summed E-state index contributed by atoms with van der Waals surface area (Å²) in [6.07, 6.45) is 0.244. The predicted octanol–water partition coefficient (Wildman–Crippen LogP) is 7.33. The zero-order chi connectivity index (χ0) is 33.4. The molecule has 0 radical (unpaired) electrons. The highest BCUT2D eigenvalue weighted by atomic mass is 79.9. The number of benzene rings is 4. The van der Waals surface area contributed by atoms with Crippen LogP contribution >= 0.6 is 27.5 Å². The molecule has 0 saturated heterocycles. The average molecular weight is 725 g/mol. The van der Waals surface area contributed by atoms with Gasteiger partial charge in [0.1, 0.15) is 12.6 Å². The van der Waals surface area contributed by atoms with Gasteiger partial charge < -0.3 is 10.2 Å². The monoisotopic (exact) mass is 723 g/mol. The van der Waals surface area contributed by atoms with Crippen molar-refractivity contribution in [1.29, 1.82) is 0 Å². The molecule has 1 unspecified atom stereocenters. The van der Waals surface area contributed by atoms with Gasteiger partial charge in [-0.25, -0.2) is 8.42 Å². The molecule has 1 atom stereocenters. The Morgan fingerprint density at radius 3 is 2.13 bits per heavy atom. The Morgan fingerprint density at radius 2 is 1.50 bits per heavy atom. The molecule has 2 amide bonds. The first-order chi connectivity index (χ1) is 21.9. The van der Waals surface area contributed by atoms with Crippen molar-refractivity contribution in [3.63, 3.8) is 0 Å². The van der Waals surface area contributed by atoms with E-state index >= 15 is 0 Å². The van der Waals surface area contributed by atoms with Gasteiger partial charge in [-0.3, -0.25) is 13.9 Å². The fraction of sp³-hybridized carbons (Fsp3) is 0.278. The Balaban J connectivity index is 1.82. The molecule has 4 aromatic carbocycles. The minimum Gasteiger partial charge on any atom is -0.354 e. The number of rotatable bonds is 13. The van der Waals surface area contributed by atoms with Crippen LogP contribution < -0.4 is 9.62 Å². The van der Waals surface area contributed by atoms with Crippen molar-refractivity contribution in [3.05, 3.63) is 129 Å². The second kappa shape index (κ2) is 15.8. The molecule has 0 aliphatic heterocycles. The van der Waals surface area contributed by atoms with E-state index in [2.05, 4.69) is 21.2 Å². The van der Waals surface area contributed by atoms with Crippen molar-refractivity contribution in [2.24, 2.45) is 5.92 Å². The number of hydrogen-bond acceptors (Lipinski definition) is 4. The molecule has 0 aliphatic rings. The lowest BCUT2D eigenvalue weighted by molar-refractivity contribution is -0.140. The number of hydrogen-bond donors (Lipinski definition) is 1. The molecule has 10 heteroatoms. The summed E-state index contributed by atoms with van der Waals surface area (Å²) >= 11 is 9.92. The smallest absolute Gasteiger partial charge is 0.264 e. The first-order valence-electron chi connectivity index (χ1n) is 15.1. The third kappa shape index (κ3) is 8.99. The minimum absolute atomic E-state index is 0.0419. The largest absolute Gasteiger partial charge is 0.354 e. The number of halogens is 2. The standard InChI is InChI=1S/C36H39BrClN3O4S/c1-25(2)22-39-36(43)34(21-28-9-6-5-7-10-28)40(23-29-15-17-30(37)18-16-29)35(42)24-41(33-12-8-11-32(38)27(33)4)46(44,45)31-19-13-26(3)14-20-31/h5-20,25,34H,21-24H2,1-4H3,(H,39,43). The maximum absolute atomic E-state index is 14.6. The Hall–Kier alpha value is -3.66. The molecule has 0 bridgehead atoms. The van der Waals surface area contributed by atoms with E-state index in [0.29, 0.717) is 17.1 Å². The summed E-state index contributed by atoms with van der Waals surface area (Å²) in [4.78, 5) is 30.0. The van der Waals surface area contributed by atoms with Gasteiger partial charge in [-0.2, -0.15) is 0 Å². The summed E-state index contributed by atoms with van der Waals surface area (Å²) in [7, 11) is -4.22. The lowest BCUT2D eigenvalue weighted by atomic mass is 10.0. The highest BCUT2D eigenvalue weighted by molar-refractivity contribution is 9.10. The van der Waals surface area contributed by atoms with E-state index in [1.165, 1.54) is 17.0 Å². The van der Waals surface area contributed by atoms with Crippen molar-refractivity contribution < 1.29 is 18.0 Å². The van der Waals surface area contributed by atoms with Crippen LogP contribution in [0.2, 0.25) is 5.02 Å². The van der Waals surface area contributed by atoms with Crippen molar-refractivity contribution in [3.8, 4) is 0 Å².